The molecule has 1 atom stereocenters. The van der Waals surface area contributed by atoms with Crippen molar-refractivity contribution in [2.75, 3.05) is 24.7 Å². The molecule has 1 aliphatic rings. The third kappa shape index (κ3) is 3.41. The van der Waals surface area contributed by atoms with Gasteiger partial charge in [-0.05, 0) is 24.7 Å². The van der Waals surface area contributed by atoms with Crippen molar-refractivity contribution in [3.8, 4) is 0 Å². The van der Waals surface area contributed by atoms with Gasteiger partial charge in [-0.25, -0.2) is 0 Å². The van der Waals surface area contributed by atoms with Crippen LogP contribution in [0.5, 0.6) is 0 Å². The highest BCUT2D eigenvalue weighted by Crippen LogP contribution is 2.26. The molecule has 1 aromatic carbocycles. The van der Waals surface area contributed by atoms with Gasteiger partial charge < -0.3 is 10.6 Å². The minimum Gasteiger partial charge on any atom is -0.387 e. The number of nitro groups is 1. The van der Waals surface area contributed by atoms with Crippen LogP contribution < -0.4 is 10.6 Å². The number of carbonyl (C=O) groups excluding carboxylic acids is 1. The summed E-state index contributed by atoms with van der Waals surface area (Å²) in [5.41, 5.74) is 0.821. The van der Waals surface area contributed by atoms with Crippen molar-refractivity contribution in [3.63, 3.8) is 0 Å². The minimum atomic E-state index is -0.497. The molecule has 1 unspecified atom stereocenters. The third-order valence-corrected chi connectivity index (χ3v) is 4.64. The first-order valence-electron chi connectivity index (χ1n) is 6.48. The first-order valence-corrected chi connectivity index (χ1v) is 7.52. The highest BCUT2D eigenvalue weighted by molar-refractivity contribution is 8.00. The van der Waals surface area contributed by atoms with E-state index in [1.807, 2.05) is 11.8 Å². The molecule has 0 aliphatic carbocycles. The number of nitrogens with one attached hydrogen (secondary N) is 2. The normalized spacial score (nSPS) is 17.8. The van der Waals surface area contributed by atoms with Gasteiger partial charge in [-0.2, -0.15) is 11.8 Å². The van der Waals surface area contributed by atoms with Crippen LogP contribution in [0.2, 0.25) is 0 Å². The molecule has 0 spiro atoms. The van der Waals surface area contributed by atoms with Crippen LogP contribution in [0, 0.1) is 10.1 Å². The van der Waals surface area contributed by atoms with Crippen LogP contribution in [0.3, 0.4) is 0 Å². The number of benzene rings is 1. The molecule has 6 nitrogen and oxygen atoms in total. The fourth-order valence-corrected chi connectivity index (χ4v) is 3.36. The molecule has 20 heavy (non-hydrogen) atoms. The molecule has 2 N–H and O–H groups in total. The number of nitro benzene ring substituents is 1. The average Bonchev–Trinajstić information content (AvgIpc) is 2.97. The monoisotopic (exact) mass is 295 g/mol. The van der Waals surface area contributed by atoms with Gasteiger partial charge in [0.1, 0.15) is 0 Å². The number of thioether (sulfide) groups is 1. The van der Waals surface area contributed by atoms with Crippen LogP contribution in [-0.4, -0.2) is 35.4 Å². The molecule has 1 saturated heterocycles. The van der Waals surface area contributed by atoms with Crippen LogP contribution in [0.1, 0.15) is 23.2 Å². The van der Waals surface area contributed by atoms with Gasteiger partial charge in [0.05, 0.1) is 10.5 Å². The maximum atomic E-state index is 12.2. The summed E-state index contributed by atoms with van der Waals surface area (Å²) in [4.78, 5) is 22.5. The van der Waals surface area contributed by atoms with E-state index in [0.717, 1.165) is 12.2 Å². The average molecular weight is 295 g/mol. The standard InChI is InChI=1S/C13H17N3O3S/c1-14-12-5-4-9(16(18)19)7-11(12)13(17)15-8-10-3-2-6-20-10/h4-5,7,10,14H,2-3,6,8H2,1H3,(H,15,17). The number of rotatable bonds is 5. The summed E-state index contributed by atoms with van der Waals surface area (Å²) in [7, 11) is 1.69. The highest BCUT2D eigenvalue weighted by Gasteiger charge is 2.19. The molecule has 1 fully saturated rings. The van der Waals surface area contributed by atoms with E-state index in [1.165, 1.54) is 18.6 Å². The molecule has 108 valence electrons. The fraction of sp³-hybridized carbons (Fsp3) is 0.462. The zero-order chi connectivity index (χ0) is 14.5. The first-order chi connectivity index (χ1) is 9.61. The maximum absolute atomic E-state index is 12.2. The molecule has 0 radical (unpaired) electrons. The summed E-state index contributed by atoms with van der Waals surface area (Å²) in [6.45, 7) is 0.606. The molecule has 7 heteroatoms. The number of amides is 1. The van der Waals surface area contributed by atoms with E-state index in [-0.39, 0.29) is 11.6 Å². The number of hydrogen-bond acceptors (Lipinski definition) is 5. The van der Waals surface area contributed by atoms with Crippen molar-refractivity contribution in [3.05, 3.63) is 33.9 Å². The Hall–Kier alpha value is -1.76. The highest BCUT2D eigenvalue weighted by atomic mass is 32.2. The first kappa shape index (κ1) is 14.6. The van der Waals surface area contributed by atoms with Gasteiger partial charge in [0.15, 0.2) is 0 Å². The van der Waals surface area contributed by atoms with Crippen molar-refractivity contribution >= 4 is 29.0 Å². The number of nitrogens with zero attached hydrogens (tertiary/aromatic N) is 1. The van der Waals surface area contributed by atoms with Gasteiger partial charge in [0, 0.05) is 36.7 Å². The topological polar surface area (TPSA) is 84.3 Å². The quantitative estimate of drug-likeness (QED) is 0.643. The SMILES string of the molecule is CNc1ccc([N+](=O)[O-])cc1C(=O)NCC1CCCS1. The molecule has 1 heterocycles. The molecule has 1 aromatic rings. The Bertz CT molecular complexity index is 516. The van der Waals surface area contributed by atoms with Crippen LogP contribution in [0.4, 0.5) is 11.4 Å². The number of anilines is 1. The van der Waals surface area contributed by atoms with Crippen molar-refractivity contribution in [2.24, 2.45) is 0 Å². The molecular weight excluding hydrogens is 278 g/mol. The molecular formula is C13H17N3O3S. The van der Waals surface area contributed by atoms with Crippen molar-refractivity contribution in [2.45, 2.75) is 18.1 Å². The van der Waals surface area contributed by atoms with Crippen molar-refractivity contribution < 1.29 is 9.72 Å². The lowest BCUT2D eigenvalue weighted by atomic mass is 10.1. The van der Waals surface area contributed by atoms with Crippen molar-refractivity contribution in [1.29, 1.82) is 0 Å². The van der Waals surface area contributed by atoms with Gasteiger partial charge in [-0.1, -0.05) is 0 Å². The second kappa shape index (κ2) is 6.60. The summed E-state index contributed by atoms with van der Waals surface area (Å²) in [5.74, 6) is 0.865. The molecule has 1 amide bonds. The lowest BCUT2D eigenvalue weighted by Crippen LogP contribution is -2.30. The van der Waals surface area contributed by atoms with Gasteiger partial charge in [0.2, 0.25) is 0 Å². The van der Waals surface area contributed by atoms with E-state index < -0.39 is 4.92 Å². The summed E-state index contributed by atoms with van der Waals surface area (Å²) in [6.07, 6.45) is 2.29. The van der Waals surface area contributed by atoms with Crippen molar-refractivity contribution in [1.82, 2.24) is 5.32 Å². The number of hydrogen-bond donors (Lipinski definition) is 2. The van der Waals surface area contributed by atoms with Gasteiger partial charge >= 0.3 is 0 Å². The Morgan fingerprint density at radius 1 is 1.55 bits per heavy atom. The Kier molecular flexibility index (Phi) is 4.84. The minimum absolute atomic E-state index is 0.0793. The maximum Gasteiger partial charge on any atom is 0.270 e. The Balaban J connectivity index is 2.10. The lowest BCUT2D eigenvalue weighted by molar-refractivity contribution is -0.384. The molecule has 0 saturated carbocycles. The Labute approximate surface area is 121 Å². The van der Waals surface area contributed by atoms with E-state index in [1.54, 1.807) is 13.1 Å². The van der Waals surface area contributed by atoms with Gasteiger partial charge in [0.25, 0.3) is 11.6 Å². The second-order valence-electron chi connectivity index (χ2n) is 4.58. The smallest absolute Gasteiger partial charge is 0.270 e. The van der Waals surface area contributed by atoms with E-state index >= 15 is 0 Å². The summed E-state index contributed by atoms with van der Waals surface area (Å²) in [6, 6.07) is 4.25. The molecule has 1 aliphatic heterocycles. The van der Waals surface area contributed by atoms with E-state index in [9.17, 15) is 14.9 Å². The predicted molar refractivity (Wildman–Crippen MR) is 80.5 cm³/mol. The lowest BCUT2D eigenvalue weighted by Gasteiger charge is -2.12. The predicted octanol–water partition coefficient (Wildman–Crippen LogP) is 2.26. The Morgan fingerprint density at radius 3 is 2.95 bits per heavy atom. The zero-order valence-electron chi connectivity index (χ0n) is 11.2. The van der Waals surface area contributed by atoms with Gasteiger partial charge in [-0.15, -0.1) is 0 Å². The van der Waals surface area contributed by atoms with Gasteiger partial charge in [-0.3, -0.25) is 14.9 Å². The molecule has 0 aromatic heterocycles. The van der Waals surface area contributed by atoms with Crippen LogP contribution in [0.25, 0.3) is 0 Å². The molecule has 0 bridgehead atoms. The third-order valence-electron chi connectivity index (χ3n) is 3.24. The molecule has 2 rings (SSSR count). The van der Waals surface area contributed by atoms with Crippen LogP contribution in [-0.2, 0) is 0 Å². The van der Waals surface area contributed by atoms with Crippen LogP contribution in [0.15, 0.2) is 18.2 Å². The fourth-order valence-electron chi connectivity index (χ4n) is 2.16. The van der Waals surface area contributed by atoms with E-state index in [0.29, 0.717) is 23.0 Å². The largest absolute Gasteiger partial charge is 0.387 e. The Morgan fingerprint density at radius 2 is 2.35 bits per heavy atom. The summed E-state index contributed by atoms with van der Waals surface area (Å²) >= 11 is 1.86. The summed E-state index contributed by atoms with van der Waals surface area (Å²) < 4.78 is 0. The van der Waals surface area contributed by atoms with E-state index in [2.05, 4.69) is 10.6 Å². The number of non-ortho nitro benzene ring substituents is 1. The van der Waals surface area contributed by atoms with E-state index in [4.69, 9.17) is 0 Å². The zero-order valence-corrected chi connectivity index (χ0v) is 12.0. The second-order valence-corrected chi connectivity index (χ2v) is 5.99. The number of carbonyl (C=O) groups is 1. The van der Waals surface area contributed by atoms with Crippen LogP contribution >= 0.6 is 11.8 Å². The summed E-state index contributed by atoms with van der Waals surface area (Å²) in [5, 5.41) is 17.0.